The van der Waals surface area contributed by atoms with Gasteiger partial charge in [0.15, 0.2) is 6.29 Å². The van der Waals surface area contributed by atoms with Gasteiger partial charge in [-0.05, 0) is 90.8 Å². The fraction of sp³-hybridized carbons (Fsp3) is 0.919. The molecular formula is C37H60O12. The predicted octanol–water partition coefficient (Wildman–Crippen LogP) is 1.03. The van der Waals surface area contributed by atoms with Gasteiger partial charge in [-0.25, -0.2) is 0 Å². The first-order valence-corrected chi connectivity index (χ1v) is 18.2. The highest BCUT2D eigenvalue weighted by atomic mass is 16.7. The number of ether oxygens (including phenoxy) is 3. The first kappa shape index (κ1) is 37.6. The molecule has 280 valence electrons. The fourth-order valence-electron chi connectivity index (χ4n) is 12.6. The van der Waals surface area contributed by atoms with Gasteiger partial charge in [0, 0.05) is 5.41 Å². The molecular weight excluding hydrogens is 636 g/mol. The summed E-state index contributed by atoms with van der Waals surface area (Å²) >= 11 is 0. The van der Waals surface area contributed by atoms with E-state index in [1.54, 1.807) is 0 Å². The third kappa shape index (κ3) is 5.02. The molecule has 0 spiro atoms. The Bertz CT molecular complexity index is 1300. The molecule has 0 aromatic heterocycles. The van der Waals surface area contributed by atoms with E-state index >= 15 is 0 Å². The van der Waals surface area contributed by atoms with Crippen LogP contribution in [-0.2, 0) is 19.0 Å². The Morgan fingerprint density at radius 3 is 2.16 bits per heavy atom. The summed E-state index contributed by atoms with van der Waals surface area (Å²) in [6.45, 7) is 9.38. The van der Waals surface area contributed by atoms with Crippen LogP contribution in [0.4, 0.5) is 0 Å². The molecule has 1 heterocycles. The summed E-state index contributed by atoms with van der Waals surface area (Å²) in [7, 11) is 1.40. The monoisotopic (exact) mass is 696 g/mol. The van der Waals surface area contributed by atoms with Crippen LogP contribution in [0.3, 0.4) is 0 Å². The highest BCUT2D eigenvalue weighted by Gasteiger charge is 2.73. The quantitative estimate of drug-likeness (QED) is 0.111. The minimum atomic E-state index is -1.70. The predicted molar refractivity (Wildman–Crippen MR) is 175 cm³/mol. The molecule has 0 radical (unpaired) electrons. The molecule has 15 atom stereocenters. The molecule has 8 N–H and O–H groups in total. The van der Waals surface area contributed by atoms with Crippen LogP contribution in [0.15, 0.2) is 11.6 Å². The van der Waals surface area contributed by atoms with Crippen LogP contribution in [0.25, 0.3) is 0 Å². The standard InChI is InChI=1S/C37H60O12/c1-32(2)11-12-37(31(46)47-6)20(13-32)19-7-8-23-33(3)14-21(41)29(49-30-28(45)27(44)26(43)22(16-38)48-30)36(17-39,18-40)24(33)9-10-34(23,4)35(19,5)15-25(37)42/h7,20-30,38-45H,8-18H2,1-6H3/t20-,21+,22-,23-,24?,25-,26-,27+,28-,29+,30+,33-,34-,35-,37-/m1/s1. The Morgan fingerprint density at radius 2 is 1.55 bits per heavy atom. The number of methoxy groups -OCH3 is 1. The highest BCUT2D eigenvalue weighted by Crippen LogP contribution is 2.76. The van der Waals surface area contributed by atoms with Crippen molar-refractivity contribution in [2.45, 2.75) is 135 Å². The van der Waals surface area contributed by atoms with Crippen molar-refractivity contribution in [1.82, 2.24) is 0 Å². The highest BCUT2D eigenvalue weighted by molar-refractivity contribution is 5.79. The van der Waals surface area contributed by atoms with Gasteiger partial charge in [-0.15, -0.1) is 0 Å². The molecule has 4 saturated carbocycles. The second kappa shape index (κ2) is 12.5. The van der Waals surface area contributed by atoms with E-state index in [1.807, 2.05) is 0 Å². The van der Waals surface area contributed by atoms with Gasteiger partial charge in [0.05, 0.1) is 45.2 Å². The third-order valence-corrected chi connectivity index (χ3v) is 15.5. The second-order valence-corrected chi connectivity index (χ2v) is 18.0. The number of allylic oxidation sites excluding steroid dienone is 2. The van der Waals surface area contributed by atoms with E-state index in [-0.39, 0.29) is 41.0 Å². The van der Waals surface area contributed by atoms with Crippen LogP contribution in [0, 0.1) is 50.2 Å². The van der Waals surface area contributed by atoms with Gasteiger partial charge in [0.25, 0.3) is 0 Å². The van der Waals surface area contributed by atoms with Crippen molar-refractivity contribution in [3.63, 3.8) is 0 Å². The number of aliphatic hydroxyl groups excluding tert-OH is 8. The van der Waals surface area contributed by atoms with Gasteiger partial charge < -0.3 is 55.1 Å². The summed E-state index contributed by atoms with van der Waals surface area (Å²) < 4.78 is 17.2. The summed E-state index contributed by atoms with van der Waals surface area (Å²) in [4.78, 5) is 13.6. The Labute approximate surface area is 289 Å². The molecule has 1 unspecified atom stereocenters. The SMILES string of the molecule is COC(=O)[C@]12CCC(C)(C)C[C@@H]1C1=CC[C@@H]3[C@@]4(C)C[C@H](O)[C@H](O[C@@H]5O[C@H](CO)[C@@H](O)[C@H](O)[C@H]5O)C(CO)(CO)C4CC[C@@]3(C)[C@]1(C)C[C@H]2O. The van der Waals surface area contributed by atoms with Gasteiger partial charge in [-0.3, -0.25) is 4.79 Å². The number of fused-ring (bicyclic) bond motifs is 7. The number of hydrogen-bond donors (Lipinski definition) is 8. The summed E-state index contributed by atoms with van der Waals surface area (Å²) in [5, 5.41) is 87.4. The molecule has 12 nitrogen and oxygen atoms in total. The molecule has 1 aliphatic heterocycles. The molecule has 6 rings (SSSR count). The van der Waals surface area contributed by atoms with Gasteiger partial charge in [0.2, 0.25) is 0 Å². The van der Waals surface area contributed by atoms with Crippen LogP contribution in [0.5, 0.6) is 0 Å². The second-order valence-electron chi connectivity index (χ2n) is 18.0. The van der Waals surface area contributed by atoms with Gasteiger partial charge in [-0.1, -0.05) is 46.3 Å². The lowest BCUT2D eigenvalue weighted by atomic mass is 9.33. The van der Waals surface area contributed by atoms with Crippen molar-refractivity contribution in [2.24, 2.45) is 50.2 Å². The Kier molecular flexibility index (Phi) is 9.55. The molecule has 0 bridgehead atoms. The van der Waals surface area contributed by atoms with Crippen molar-refractivity contribution in [2.75, 3.05) is 26.9 Å². The fourth-order valence-corrected chi connectivity index (χ4v) is 12.6. The maximum Gasteiger partial charge on any atom is 0.315 e. The third-order valence-electron chi connectivity index (χ3n) is 15.5. The molecule has 0 aromatic carbocycles. The lowest BCUT2D eigenvalue weighted by Gasteiger charge is -2.72. The van der Waals surface area contributed by atoms with E-state index in [0.29, 0.717) is 32.1 Å². The number of rotatable bonds is 6. The molecule has 6 aliphatic rings. The average molecular weight is 697 g/mol. The number of carbonyl (C=O) groups is 1. The largest absolute Gasteiger partial charge is 0.468 e. The van der Waals surface area contributed by atoms with Crippen molar-refractivity contribution in [3.8, 4) is 0 Å². The lowest BCUT2D eigenvalue weighted by Crippen LogP contribution is -2.71. The molecule has 0 amide bonds. The minimum Gasteiger partial charge on any atom is -0.468 e. The number of esters is 1. The zero-order valence-electron chi connectivity index (χ0n) is 29.9. The van der Waals surface area contributed by atoms with Crippen molar-refractivity contribution < 1.29 is 59.9 Å². The van der Waals surface area contributed by atoms with E-state index in [4.69, 9.17) is 14.2 Å². The van der Waals surface area contributed by atoms with Crippen molar-refractivity contribution >= 4 is 5.97 Å². The first-order valence-electron chi connectivity index (χ1n) is 18.2. The molecule has 5 fully saturated rings. The van der Waals surface area contributed by atoms with E-state index in [0.717, 1.165) is 12.8 Å². The zero-order valence-corrected chi connectivity index (χ0v) is 29.9. The lowest BCUT2D eigenvalue weighted by molar-refractivity contribution is -0.349. The summed E-state index contributed by atoms with van der Waals surface area (Å²) in [5.41, 5.74) is -2.62. The molecule has 0 aromatic rings. The molecule has 5 aliphatic carbocycles. The number of aliphatic hydroxyl groups is 8. The maximum absolute atomic E-state index is 13.6. The van der Waals surface area contributed by atoms with Crippen molar-refractivity contribution in [1.29, 1.82) is 0 Å². The molecule has 49 heavy (non-hydrogen) atoms. The Balaban J connectivity index is 1.38. The summed E-state index contributed by atoms with van der Waals surface area (Å²) in [5.74, 6) is -0.880. The van der Waals surface area contributed by atoms with Crippen LogP contribution >= 0.6 is 0 Å². The number of hydrogen-bond acceptors (Lipinski definition) is 12. The Morgan fingerprint density at radius 1 is 0.878 bits per heavy atom. The topological polar surface area (TPSA) is 207 Å². The van der Waals surface area contributed by atoms with Gasteiger partial charge in [-0.2, -0.15) is 0 Å². The zero-order chi connectivity index (χ0) is 36.1. The van der Waals surface area contributed by atoms with Crippen LogP contribution in [0.1, 0.15) is 86.0 Å². The van der Waals surface area contributed by atoms with Crippen LogP contribution in [0.2, 0.25) is 0 Å². The van der Waals surface area contributed by atoms with Gasteiger partial charge >= 0.3 is 5.97 Å². The minimum absolute atomic E-state index is 0.0201. The average Bonchev–Trinajstić information content (AvgIpc) is 3.05. The molecule has 12 heteroatoms. The van der Waals surface area contributed by atoms with Crippen LogP contribution < -0.4 is 0 Å². The smallest absolute Gasteiger partial charge is 0.315 e. The summed E-state index contributed by atoms with van der Waals surface area (Å²) in [6.07, 6.45) is -4.02. The molecule has 1 saturated heterocycles. The van der Waals surface area contributed by atoms with E-state index in [2.05, 4.69) is 40.7 Å². The maximum atomic E-state index is 13.6. The van der Waals surface area contributed by atoms with E-state index in [1.165, 1.54) is 12.7 Å². The first-order chi connectivity index (χ1) is 22.9. The Hall–Kier alpha value is -1.19. The van der Waals surface area contributed by atoms with E-state index in [9.17, 15) is 45.6 Å². The van der Waals surface area contributed by atoms with Gasteiger partial charge in [0.1, 0.15) is 29.8 Å². The summed E-state index contributed by atoms with van der Waals surface area (Å²) in [6, 6.07) is 0. The van der Waals surface area contributed by atoms with E-state index < -0.39 is 90.5 Å². The normalized spacial score (nSPS) is 51.7. The van der Waals surface area contributed by atoms with Crippen LogP contribution in [-0.4, -0.2) is 123 Å². The van der Waals surface area contributed by atoms with Crippen molar-refractivity contribution in [3.05, 3.63) is 11.6 Å². The number of carbonyl (C=O) groups excluding carboxylic acids is 1.